The molecule has 0 atom stereocenters. The average Bonchev–Trinajstić information content (AvgIpc) is 2.92. The SMILES string of the molecule is Cc1cc2ccccc2c2nn(C)c(-c3ccc(OC(F)(F)F)cc3)c12. The first-order chi connectivity index (χ1) is 12.3. The summed E-state index contributed by atoms with van der Waals surface area (Å²) in [4.78, 5) is 0. The number of rotatable bonds is 2. The molecule has 26 heavy (non-hydrogen) atoms. The summed E-state index contributed by atoms with van der Waals surface area (Å²) in [6, 6.07) is 16.0. The zero-order valence-electron chi connectivity index (χ0n) is 14.1. The van der Waals surface area contributed by atoms with Crippen molar-refractivity contribution in [3.05, 3.63) is 60.2 Å². The van der Waals surface area contributed by atoms with Crippen LogP contribution in [-0.4, -0.2) is 16.1 Å². The van der Waals surface area contributed by atoms with Crippen LogP contribution < -0.4 is 4.74 Å². The topological polar surface area (TPSA) is 27.1 Å². The second-order valence-corrected chi connectivity index (χ2v) is 6.18. The van der Waals surface area contributed by atoms with Crippen LogP contribution in [0.5, 0.6) is 5.75 Å². The molecule has 0 aliphatic carbocycles. The molecular weight excluding hydrogens is 341 g/mol. The average molecular weight is 356 g/mol. The Morgan fingerprint density at radius 2 is 1.69 bits per heavy atom. The minimum absolute atomic E-state index is 0.241. The van der Waals surface area contributed by atoms with Crippen molar-refractivity contribution in [3.63, 3.8) is 0 Å². The Labute approximate surface area is 147 Å². The van der Waals surface area contributed by atoms with Crippen LogP contribution in [0.25, 0.3) is 32.9 Å². The molecule has 4 aromatic rings. The Hall–Kier alpha value is -3.02. The van der Waals surface area contributed by atoms with Gasteiger partial charge in [0.05, 0.1) is 5.69 Å². The van der Waals surface area contributed by atoms with Crippen LogP contribution in [0.1, 0.15) is 5.56 Å². The van der Waals surface area contributed by atoms with Gasteiger partial charge in [-0.05, 0) is 42.1 Å². The summed E-state index contributed by atoms with van der Waals surface area (Å²) in [6.07, 6.45) is -4.70. The lowest BCUT2D eigenvalue weighted by Gasteiger charge is -2.10. The second-order valence-electron chi connectivity index (χ2n) is 6.18. The Morgan fingerprint density at radius 1 is 1.00 bits per heavy atom. The Kier molecular flexibility index (Phi) is 3.64. The van der Waals surface area contributed by atoms with Gasteiger partial charge >= 0.3 is 6.36 Å². The minimum atomic E-state index is -4.70. The Morgan fingerprint density at radius 3 is 2.38 bits per heavy atom. The highest BCUT2D eigenvalue weighted by atomic mass is 19.4. The third-order valence-corrected chi connectivity index (χ3v) is 4.39. The van der Waals surface area contributed by atoms with Crippen molar-refractivity contribution in [2.75, 3.05) is 0 Å². The predicted octanol–water partition coefficient (Wildman–Crippen LogP) is 5.60. The van der Waals surface area contributed by atoms with Gasteiger partial charge in [-0.15, -0.1) is 13.2 Å². The number of nitrogens with zero attached hydrogens (tertiary/aromatic N) is 2. The van der Waals surface area contributed by atoms with E-state index in [1.165, 1.54) is 12.1 Å². The van der Waals surface area contributed by atoms with E-state index in [-0.39, 0.29) is 5.75 Å². The maximum absolute atomic E-state index is 12.4. The van der Waals surface area contributed by atoms with E-state index in [1.54, 1.807) is 16.8 Å². The number of fused-ring (bicyclic) bond motifs is 3. The highest BCUT2D eigenvalue weighted by molar-refractivity contribution is 6.11. The van der Waals surface area contributed by atoms with Crippen LogP contribution in [-0.2, 0) is 7.05 Å². The molecule has 1 aromatic heterocycles. The van der Waals surface area contributed by atoms with Gasteiger partial charge in [0.1, 0.15) is 11.3 Å². The highest BCUT2D eigenvalue weighted by Crippen LogP contribution is 2.36. The van der Waals surface area contributed by atoms with Crippen molar-refractivity contribution in [1.29, 1.82) is 0 Å². The van der Waals surface area contributed by atoms with Gasteiger partial charge in [-0.2, -0.15) is 5.10 Å². The number of hydrogen-bond donors (Lipinski definition) is 0. The zero-order valence-corrected chi connectivity index (χ0v) is 14.1. The fourth-order valence-electron chi connectivity index (χ4n) is 3.38. The quantitative estimate of drug-likeness (QED) is 0.467. The second kappa shape index (κ2) is 5.76. The Balaban J connectivity index is 1.89. The first kappa shape index (κ1) is 16.4. The predicted molar refractivity (Wildman–Crippen MR) is 95.1 cm³/mol. The van der Waals surface area contributed by atoms with Crippen LogP contribution in [0.3, 0.4) is 0 Å². The maximum atomic E-state index is 12.4. The van der Waals surface area contributed by atoms with E-state index in [0.29, 0.717) is 0 Å². The summed E-state index contributed by atoms with van der Waals surface area (Å²) in [5.74, 6) is -0.241. The molecule has 0 saturated heterocycles. The molecule has 0 amide bonds. The molecule has 4 rings (SSSR count). The molecule has 6 heteroatoms. The normalized spacial score (nSPS) is 12.0. The third-order valence-electron chi connectivity index (χ3n) is 4.39. The number of hydrogen-bond acceptors (Lipinski definition) is 2. The van der Waals surface area contributed by atoms with E-state index in [4.69, 9.17) is 0 Å². The standard InChI is InChI=1S/C20H15F3N2O/c1-12-11-14-5-3-4-6-16(14)18-17(12)19(25(2)24-18)13-7-9-15(10-8-13)26-20(21,22)23/h3-11H,1-2H3. The van der Waals surface area contributed by atoms with Crippen molar-refractivity contribution >= 4 is 21.7 Å². The monoisotopic (exact) mass is 356 g/mol. The number of halogens is 3. The van der Waals surface area contributed by atoms with Gasteiger partial charge in [0.2, 0.25) is 0 Å². The molecule has 132 valence electrons. The van der Waals surface area contributed by atoms with Gasteiger partial charge in [0.15, 0.2) is 0 Å². The van der Waals surface area contributed by atoms with Crippen molar-refractivity contribution < 1.29 is 17.9 Å². The smallest absolute Gasteiger partial charge is 0.406 e. The summed E-state index contributed by atoms with van der Waals surface area (Å²) >= 11 is 0. The first-order valence-corrected chi connectivity index (χ1v) is 8.05. The molecule has 0 N–H and O–H groups in total. The summed E-state index contributed by atoms with van der Waals surface area (Å²) in [5, 5.41) is 7.82. The lowest BCUT2D eigenvalue weighted by Crippen LogP contribution is -2.16. The summed E-state index contributed by atoms with van der Waals surface area (Å²) in [5.41, 5.74) is 3.59. The van der Waals surface area contributed by atoms with E-state index in [2.05, 4.69) is 15.9 Å². The van der Waals surface area contributed by atoms with Crippen molar-refractivity contribution in [3.8, 4) is 17.0 Å². The lowest BCUT2D eigenvalue weighted by molar-refractivity contribution is -0.274. The van der Waals surface area contributed by atoms with Gasteiger partial charge in [0.25, 0.3) is 0 Å². The molecule has 0 unspecified atom stereocenters. The van der Waals surface area contributed by atoms with Crippen molar-refractivity contribution in [1.82, 2.24) is 9.78 Å². The number of aryl methyl sites for hydroxylation is 2. The number of aromatic nitrogens is 2. The number of alkyl halides is 3. The lowest BCUT2D eigenvalue weighted by atomic mass is 9.99. The van der Waals surface area contributed by atoms with E-state index >= 15 is 0 Å². The van der Waals surface area contributed by atoms with E-state index in [9.17, 15) is 13.2 Å². The molecule has 0 radical (unpaired) electrons. The summed E-state index contributed by atoms with van der Waals surface area (Å²) in [6.45, 7) is 2.01. The van der Waals surface area contributed by atoms with E-state index in [1.807, 2.05) is 38.2 Å². The molecule has 3 aromatic carbocycles. The zero-order chi connectivity index (χ0) is 18.5. The molecule has 1 heterocycles. The van der Waals surface area contributed by atoms with Gasteiger partial charge in [-0.1, -0.05) is 30.3 Å². The number of ether oxygens (including phenoxy) is 1. The third kappa shape index (κ3) is 2.77. The molecule has 0 spiro atoms. The van der Waals surface area contributed by atoms with Gasteiger partial charge < -0.3 is 4.74 Å². The van der Waals surface area contributed by atoms with Crippen LogP contribution in [0.2, 0.25) is 0 Å². The molecule has 0 aliphatic heterocycles. The first-order valence-electron chi connectivity index (χ1n) is 8.05. The van der Waals surface area contributed by atoms with E-state index in [0.717, 1.165) is 38.5 Å². The largest absolute Gasteiger partial charge is 0.573 e. The number of benzene rings is 3. The molecule has 0 bridgehead atoms. The van der Waals surface area contributed by atoms with Gasteiger partial charge in [-0.25, -0.2) is 0 Å². The minimum Gasteiger partial charge on any atom is -0.406 e. The summed E-state index contributed by atoms with van der Waals surface area (Å²) < 4.78 is 42.8. The molecule has 0 saturated carbocycles. The van der Waals surface area contributed by atoms with E-state index < -0.39 is 6.36 Å². The van der Waals surface area contributed by atoms with Crippen LogP contribution in [0, 0.1) is 6.92 Å². The fourth-order valence-corrected chi connectivity index (χ4v) is 3.38. The molecule has 0 aliphatic rings. The van der Waals surface area contributed by atoms with Gasteiger partial charge in [-0.3, -0.25) is 4.68 Å². The van der Waals surface area contributed by atoms with Crippen LogP contribution >= 0.6 is 0 Å². The molecule has 0 fully saturated rings. The van der Waals surface area contributed by atoms with Crippen LogP contribution in [0.4, 0.5) is 13.2 Å². The molecule has 3 nitrogen and oxygen atoms in total. The maximum Gasteiger partial charge on any atom is 0.573 e. The highest BCUT2D eigenvalue weighted by Gasteiger charge is 2.31. The van der Waals surface area contributed by atoms with Gasteiger partial charge in [0, 0.05) is 23.4 Å². The fraction of sp³-hybridized carbons (Fsp3) is 0.150. The van der Waals surface area contributed by atoms with Crippen LogP contribution in [0.15, 0.2) is 54.6 Å². The summed E-state index contributed by atoms with van der Waals surface area (Å²) in [7, 11) is 1.84. The molecular formula is C20H15F3N2O. The van der Waals surface area contributed by atoms with Crippen molar-refractivity contribution in [2.45, 2.75) is 13.3 Å². The van der Waals surface area contributed by atoms with Crippen molar-refractivity contribution in [2.24, 2.45) is 7.05 Å². The Bertz CT molecular complexity index is 1110.